The Kier molecular flexibility index (Phi) is 3.71. The fourth-order valence-corrected chi connectivity index (χ4v) is 2.71. The second kappa shape index (κ2) is 5.67. The second-order valence-corrected chi connectivity index (χ2v) is 5.65. The highest BCUT2D eigenvalue weighted by atomic mass is 16.2. The van der Waals surface area contributed by atoms with Gasteiger partial charge < -0.3 is 0 Å². The first-order valence-electron chi connectivity index (χ1n) is 7.28. The summed E-state index contributed by atoms with van der Waals surface area (Å²) in [5, 5.41) is 0. The highest BCUT2D eigenvalue weighted by molar-refractivity contribution is 6.21. The number of carbonyl (C=O) groups excluding carboxylic acids is 2. The summed E-state index contributed by atoms with van der Waals surface area (Å²) in [6, 6.07) is 9.68. The van der Waals surface area contributed by atoms with Crippen LogP contribution in [0.15, 0.2) is 42.7 Å². The zero-order valence-corrected chi connectivity index (χ0v) is 12.6. The van der Waals surface area contributed by atoms with Gasteiger partial charge in [-0.2, -0.15) is 0 Å². The van der Waals surface area contributed by atoms with Gasteiger partial charge >= 0.3 is 0 Å². The average Bonchev–Trinajstić information content (AvgIpc) is 2.74. The molecule has 3 rings (SSSR count). The van der Waals surface area contributed by atoms with Gasteiger partial charge in [-0.05, 0) is 25.0 Å². The molecule has 0 saturated carbocycles. The van der Waals surface area contributed by atoms with Crippen LogP contribution in [-0.2, 0) is 16.0 Å². The van der Waals surface area contributed by atoms with Crippen LogP contribution in [0.3, 0.4) is 0 Å². The molecule has 0 N–H and O–H groups in total. The van der Waals surface area contributed by atoms with Crippen molar-refractivity contribution in [3.05, 3.63) is 53.9 Å². The van der Waals surface area contributed by atoms with E-state index in [0.29, 0.717) is 6.42 Å². The molecule has 0 spiro atoms. The molecule has 1 aliphatic heterocycles. The molecule has 0 radical (unpaired) electrons. The lowest BCUT2D eigenvalue weighted by molar-refractivity contribution is -0.122. The number of hydrogen-bond donors (Lipinski definition) is 0. The summed E-state index contributed by atoms with van der Waals surface area (Å²) in [5.74, 6) is -1.01. The summed E-state index contributed by atoms with van der Waals surface area (Å²) in [6.45, 7) is 3.81. The summed E-state index contributed by atoms with van der Waals surface area (Å²) in [4.78, 5) is 34.2. The predicted octanol–water partition coefficient (Wildman–Crippen LogP) is 2.15. The molecule has 1 aromatic carbocycles. The fraction of sp³-hybridized carbons (Fsp3) is 0.294. The lowest BCUT2D eigenvalue weighted by Gasteiger charge is -2.12. The van der Waals surface area contributed by atoms with Crippen LogP contribution < -0.4 is 4.90 Å². The Balaban J connectivity index is 1.86. The van der Waals surface area contributed by atoms with Gasteiger partial charge in [0.2, 0.25) is 17.8 Å². The van der Waals surface area contributed by atoms with E-state index < -0.39 is 0 Å². The van der Waals surface area contributed by atoms with Crippen molar-refractivity contribution in [2.24, 2.45) is 11.8 Å². The van der Waals surface area contributed by atoms with Crippen molar-refractivity contribution >= 4 is 17.8 Å². The third-order valence-electron chi connectivity index (χ3n) is 4.08. The minimum atomic E-state index is -0.363. The SMILES string of the molecule is Cc1ccc(C[C@@H]2C(=O)N(c3ncccn3)C(=O)[C@@H]2C)cc1. The molecule has 5 heteroatoms. The van der Waals surface area contributed by atoms with Crippen molar-refractivity contribution < 1.29 is 9.59 Å². The Morgan fingerprint density at radius 1 is 1.05 bits per heavy atom. The first-order chi connectivity index (χ1) is 10.6. The largest absolute Gasteiger partial charge is 0.274 e. The standard InChI is InChI=1S/C17H17N3O2/c1-11-4-6-13(7-5-11)10-14-12(2)15(21)20(16(14)22)17-18-8-3-9-19-17/h3-9,12,14H,10H2,1-2H3/t12-,14+/m1/s1. The number of amides is 2. The van der Waals surface area contributed by atoms with Crippen molar-refractivity contribution in [3.63, 3.8) is 0 Å². The number of aromatic nitrogens is 2. The molecule has 2 amide bonds. The van der Waals surface area contributed by atoms with E-state index in [4.69, 9.17) is 0 Å². The van der Waals surface area contributed by atoms with Gasteiger partial charge in [0.25, 0.3) is 0 Å². The van der Waals surface area contributed by atoms with Crippen LogP contribution in [0, 0.1) is 18.8 Å². The number of nitrogens with zero attached hydrogens (tertiary/aromatic N) is 3. The summed E-state index contributed by atoms with van der Waals surface area (Å²) >= 11 is 0. The zero-order valence-electron chi connectivity index (χ0n) is 12.6. The Labute approximate surface area is 129 Å². The predicted molar refractivity (Wildman–Crippen MR) is 82.1 cm³/mol. The average molecular weight is 295 g/mol. The number of hydrogen-bond acceptors (Lipinski definition) is 4. The molecule has 1 aliphatic rings. The van der Waals surface area contributed by atoms with Gasteiger partial charge in [-0.3, -0.25) is 9.59 Å². The Morgan fingerprint density at radius 2 is 1.68 bits per heavy atom. The van der Waals surface area contributed by atoms with Gasteiger partial charge in [-0.15, -0.1) is 0 Å². The molecular formula is C17H17N3O2. The number of carbonyl (C=O) groups is 2. The molecule has 2 aromatic rings. The lowest BCUT2D eigenvalue weighted by atomic mass is 9.90. The lowest BCUT2D eigenvalue weighted by Crippen LogP contribution is -2.32. The Bertz CT molecular complexity index is 698. The molecule has 1 aromatic heterocycles. The fourth-order valence-electron chi connectivity index (χ4n) is 2.71. The summed E-state index contributed by atoms with van der Waals surface area (Å²) in [6.07, 6.45) is 3.61. The second-order valence-electron chi connectivity index (χ2n) is 5.65. The minimum Gasteiger partial charge on any atom is -0.274 e. The molecule has 1 saturated heterocycles. The molecule has 0 unspecified atom stereocenters. The van der Waals surface area contributed by atoms with Crippen LogP contribution in [0.5, 0.6) is 0 Å². The highest BCUT2D eigenvalue weighted by Crippen LogP contribution is 2.31. The molecule has 112 valence electrons. The van der Waals surface area contributed by atoms with Gasteiger partial charge in [0.05, 0.1) is 5.92 Å². The maximum atomic E-state index is 12.6. The van der Waals surface area contributed by atoms with Crippen LogP contribution in [0.4, 0.5) is 5.95 Å². The van der Waals surface area contributed by atoms with Crippen molar-refractivity contribution in [1.29, 1.82) is 0 Å². The van der Waals surface area contributed by atoms with E-state index in [-0.39, 0.29) is 29.6 Å². The van der Waals surface area contributed by atoms with Crippen LogP contribution in [-0.4, -0.2) is 21.8 Å². The van der Waals surface area contributed by atoms with E-state index in [1.54, 1.807) is 13.0 Å². The van der Waals surface area contributed by atoms with Gasteiger partial charge in [-0.1, -0.05) is 36.8 Å². The van der Waals surface area contributed by atoms with E-state index in [9.17, 15) is 9.59 Å². The van der Waals surface area contributed by atoms with Crippen molar-refractivity contribution in [2.45, 2.75) is 20.3 Å². The van der Waals surface area contributed by atoms with Crippen LogP contribution in [0.1, 0.15) is 18.1 Å². The van der Waals surface area contributed by atoms with E-state index >= 15 is 0 Å². The Morgan fingerprint density at radius 3 is 2.32 bits per heavy atom. The summed E-state index contributed by atoms with van der Waals surface area (Å²) in [7, 11) is 0. The number of aryl methyl sites for hydroxylation is 1. The molecule has 22 heavy (non-hydrogen) atoms. The smallest absolute Gasteiger partial charge is 0.240 e. The topological polar surface area (TPSA) is 63.2 Å². The third kappa shape index (κ3) is 2.50. The van der Waals surface area contributed by atoms with Crippen molar-refractivity contribution in [3.8, 4) is 0 Å². The molecule has 0 bridgehead atoms. The molecule has 2 heterocycles. The Hall–Kier alpha value is -2.56. The zero-order chi connectivity index (χ0) is 15.7. The van der Waals surface area contributed by atoms with Crippen LogP contribution >= 0.6 is 0 Å². The number of benzene rings is 1. The number of imide groups is 1. The van der Waals surface area contributed by atoms with E-state index in [0.717, 1.165) is 10.5 Å². The molecule has 5 nitrogen and oxygen atoms in total. The van der Waals surface area contributed by atoms with Crippen molar-refractivity contribution in [1.82, 2.24) is 9.97 Å². The third-order valence-corrected chi connectivity index (χ3v) is 4.08. The molecular weight excluding hydrogens is 278 g/mol. The normalized spacial score (nSPS) is 21.5. The van der Waals surface area contributed by atoms with E-state index in [1.807, 2.05) is 31.2 Å². The molecule has 1 fully saturated rings. The van der Waals surface area contributed by atoms with Gasteiger partial charge in [0.15, 0.2) is 0 Å². The van der Waals surface area contributed by atoms with Gasteiger partial charge in [-0.25, -0.2) is 14.9 Å². The monoisotopic (exact) mass is 295 g/mol. The van der Waals surface area contributed by atoms with E-state index in [2.05, 4.69) is 9.97 Å². The first kappa shape index (κ1) is 14.4. The molecule has 2 atom stereocenters. The van der Waals surface area contributed by atoms with Gasteiger partial charge in [0.1, 0.15) is 0 Å². The molecule has 0 aliphatic carbocycles. The maximum absolute atomic E-state index is 12.6. The first-order valence-corrected chi connectivity index (χ1v) is 7.28. The maximum Gasteiger partial charge on any atom is 0.240 e. The minimum absolute atomic E-state index is 0.163. The van der Waals surface area contributed by atoms with Gasteiger partial charge in [0, 0.05) is 18.3 Å². The number of anilines is 1. The van der Waals surface area contributed by atoms with Crippen LogP contribution in [0.25, 0.3) is 0 Å². The van der Waals surface area contributed by atoms with Crippen molar-refractivity contribution in [2.75, 3.05) is 4.90 Å². The van der Waals surface area contributed by atoms with Crippen LogP contribution in [0.2, 0.25) is 0 Å². The highest BCUT2D eigenvalue weighted by Gasteiger charge is 2.46. The quantitative estimate of drug-likeness (QED) is 0.814. The summed E-state index contributed by atoms with van der Waals surface area (Å²) in [5.41, 5.74) is 2.23. The number of rotatable bonds is 3. The summed E-state index contributed by atoms with van der Waals surface area (Å²) < 4.78 is 0. The van der Waals surface area contributed by atoms with E-state index in [1.165, 1.54) is 18.0 Å².